The van der Waals surface area contributed by atoms with E-state index in [0.29, 0.717) is 18.8 Å². The maximum atomic E-state index is 13.2. The van der Waals surface area contributed by atoms with Crippen LogP contribution in [0.4, 0.5) is 0 Å². The monoisotopic (exact) mass is 391 g/mol. The van der Waals surface area contributed by atoms with Crippen LogP contribution in [-0.2, 0) is 4.79 Å². The maximum Gasteiger partial charge on any atom is 0.272 e. The molecule has 2 aromatic rings. The molecule has 1 aliphatic carbocycles. The van der Waals surface area contributed by atoms with Crippen molar-refractivity contribution in [2.75, 3.05) is 19.7 Å². The molecule has 2 atom stereocenters. The summed E-state index contributed by atoms with van der Waals surface area (Å²) in [7, 11) is 0. The molecule has 1 saturated carbocycles. The molecule has 1 aromatic carbocycles. The predicted octanol–water partition coefficient (Wildman–Crippen LogP) is 2.06. The number of likely N-dealkylation sites (tertiary alicyclic amines) is 2. The molecule has 0 radical (unpaired) electrons. The second-order valence-electron chi connectivity index (χ2n) is 8.45. The van der Waals surface area contributed by atoms with Gasteiger partial charge in [0, 0.05) is 31.1 Å². The Morgan fingerprint density at radius 1 is 1.07 bits per heavy atom. The van der Waals surface area contributed by atoms with Gasteiger partial charge in [-0.2, -0.15) is 0 Å². The molecular formula is C23H25N3O3. The van der Waals surface area contributed by atoms with E-state index in [1.165, 1.54) is 0 Å². The normalized spacial score (nSPS) is 25.1. The van der Waals surface area contributed by atoms with Crippen molar-refractivity contribution in [3.05, 3.63) is 66.0 Å². The number of aliphatic hydroxyl groups is 1. The predicted molar refractivity (Wildman–Crippen MR) is 107 cm³/mol. The lowest BCUT2D eigenvalue weighted by molar-refractivity contribution is -0.199. The van der Waals surface area contributed by atoms with E-state index >= 15 is 0 Å². The first-order valence-corrected chi connectivity index (χ1v) is 10.3. The average molecular weight is 391 g/mol. The summed E-state index contributed by atoms with van der Waals surface area (Å²) in [5, 5.41) is 10.1. The summed E-state index contributed by atoms with van der Waals surface area (Å²) >= 11 is 0. The van der Waals surface area contributed by atoms with Crippen LogP contribution in [0.2, 0.25) is 0 Å². The molecule has 1 aromatic heterocycles. The third-order valence-corrected chi connectivity index (χ3v) is 6.91. The molecular weight excluding hydrogens is 366 g/mol. The molecule has 2 amide bonds. The Morgan fingerprint density at radius 3 is 2.38 bits per heavy atom. The third kappa shape index (κ3) is 2.69. The number of carbonyl (C=O) groups excluding carboxylic acids is 2. The summed E-state index contributed by atoms with van der Waals surface area (Å²) in [6.45, 7) is 0.905. The van der Waals surface area contributed by atoms with E-state index in [0.717, 1.165) is 24.8 Å². The number of amides is 2. The van der Waals surface area contributed by atoms with Crippen LogP contribution in [0.3, 0.4) is 0 Å². The third-order valence-electron chi connectivity index (χ3n) is 6.91. The molecule has 2 saturated heterocycles. The number of carbonyl (C=O) groups is 2. The largest absolute Gasteiger partial charge is 0.394 e. The summed E-state index contributed by atoms with van der Waals surface area (Å²) in [5.74, 6) is 0.141. The van der Waals surface area contributed by atoms with E-state index in [9.17, 15) is 14.7 Å². The molecule has 3 fully saturated rings. The molecule has 3 aliphatic rings. The van der Waals surface area contributed by atoms with Gasteiger partial charge in [0.15, 0.2) is 0 Å². The minimum atomic E-state index is -0.425. The van der Waals surface area contributed by atoms with Gasteiger partial charge in [0.2, 0.25) is 5.91 Å². The smallest absolute Gasteiger partial charge is 0.272 e. The minimum absolute atomic E-state index is 0.0329. The van der Waals surface area contributed by atoms with E-state index in [-0.39, 0.29) is 36.3 Å². The number of aliphatic hydroxyl groups excluding tert-OH is 1. The molecule has 3 heterocycles. The van der Waals surface area contributed by atoms with Crippen LogP contribution in [0.1, 0.15) is 41.2 Å². The van der Waals surface area contributed by atoms with E-state index in [4.69, 9.17) is 0 Å². The van der Waals surface area contributed by atoms with Crippen LogP contribution in [0.15, 0.2) is 54.7 Å². The fourth-order valence-electron chi connectivity index (χ4n) is 5.28. The van der Waals surface area contributed by atoms with Crippen LogP contribution >= 0.6 is 0 Å². The fourth-order valence-corrected chi connectivity index (χ4v) is 5.28. The number of aromatic nitrogens is 1. The lowest BCUT2D eigenvalue weighted by atomic mass is 9.59. The first-order valence-electron chi connectivity index (χ1n) is 10.3. The molecule has 29 heavy (non-hydrogen) atoms. The second-order valence-corrected chi connectivity index (χ2v) is 8.45. The average Bonchev–Trinajstić information content (AvgIpc) is 2.66. The zero-order valence-electron chi connectivity index (χ0n) is 16.3. The lowest BCUT2D eigenvalue weighted by Crippen LogP contribution is -2.86. The highest BCUT2D eigenvalue weighted by Crippen LogP contribution is 2.55. The van der Waals surface area contributed by atoms with E-state index < -0.39 is 5.54 Å². The Bertz CT molecular complexity index is 907. The highest BCUT2D eigenvalue weighted by molar-refractivity contribution is 5.93. The highest BCUT2D eigenvalue weighted by Gasteiger charge is 2.68. The Kier molecular flexibility index (Phi) is 4.39. The molecule has 2 aliphatic heterocycles. The van der Waals surface area contributed by atoms with E-state index in [2.05, 4.69) is 17.1 Å². The van der Waals surface area contributed by atoms with Gasteiger partial charge in [-0.05, 0) is 30.5 Å². The van der Waals surface area contributed by atoms with E-state index in [1.807, 2.05) is 23.1 Å². The molecule has 0 unspecified atom stereocenters. The van der Waals surface area contributed by atoms with Crippen molar-refractivity contribution >= 4 is 11.8 Å². The summed E-state index contributed by atoms with van der Waals surface area (Å²) in [4.78, 5) is 33.9. The Morgan fingerprint density at radius 2 is 1.79 bits per heavy atom. The number of hydrogen-bond acceptors (Lipinski definition) is 4. The van der Waals surface area contributed by atoms with Crippen molar-refractivity contribution in [1.29, 1.82) is 0 Å². The molecule has 1 spiro atoms. The quantitative estimate of drug-likeness (QED) is 0.866. The van der Waals surface area contributed by atoms with Gasteiger partial charge < -0.3 is 14.9 Å². The van der Waals surface area contributed by atoms with Gasteiger partial charge in [-0.3, -0.25) is 14.6 Å². The van der Waals surface area contributed by atoms with Crippen molar-refractivity contribution in [2.45, 2.75) is 36.8 Å². The Labute approximate surface area is 170 Å². The van der Waals surface area contributed by atoms with Crippen LogP contribution in [-0.4, -0.2) is 63.0 Å². The van der Waals surface area contributed by atoms with Crippen molar-refractivity contribution in [3.63, 3.8) is 0 Å². The van der Waals surface area contributed by atoms with Crippen LogP contribution in [0.25, 0.3) is 0 Å². The Balaban J connectivity index is 1.44. The van der Waals surface area contributed by atoms with Crippen molar-refractivity contribution in [3.8, 4) is 0 Å². The first-order chi connectivity index (χ1) is 14.2. The molecule has 6 nitrogen and oxygen atoms in total. The molecule has 150 valence electrons. The maximum absolute atomic E-state index is 13.2. The zero-order valence-corrected chi connectivity index (χ0v) is 16.3. The lowest BCUT2D eigenvalue weighted by Gasteiger charge is -2.71. The molecule has 5 rings (SSSR count). The number of nitrogens with zero attached hydrogens (tertiary/aromatic N) is 3. The van der Waals surface area contributed by atoms with Gasteiger partial charge >= 0.3 is 0 Å². The minimum Gasteiger partial charge on any atom is -0.394 e. The van der Waals surface area contributed by atoms with Crippen molar-refractivity contribution < 1.29 is 14.7 Å². The Hall–Kier alpha value is -2.73. The van der Waals surface area contributed by atoms with Crippen LogP contribution in [0, 0.1) is 5.92 Å². The van der Waals surface area contributed by atoms with Crippen LogP contribution in [0.5, 0.6) is 0 Å². The number of rotatable bonds is 4. The number of benzene rings is 1. The standard InChI is InChI=1S/C23H25N3O3/c27-13-19-20(16-7-2-1-3-8-16)23(26(19)21(28)17-9-6-10-17)14-25(15-23)22(29)18-11-4-5-12-24-18/h1-5,7-8,11-12,17,19-20,27H,6,9-10,13-15H2/t19-,20-/m1/s1. The fraction of sp³-hybridized carbons (Fsp3) is 0.435. The SMILES string of the molecule is O=C(c1ccccn1)N1CC2(C1)[C@H](c1ccccc1)[C@@H](CO)N2C(=O)C1CCC1. The molecule has 6 heteroatoms. The summed E-state index contributed by atoms with van der Waals surface area (Å²) in [6, 6.07) is 15.2. The van der Waals surface area contributed by atoms with Crippen LogP contribution < -0.4 is 0 Å². The van der Waals surface area contributed by atoms with E-state index in [1.54, 1.807) is 29.3 Å². The summed E-state index contributed by atoms with van der Waals surface area (Å²) < 4.78 is 0. The van der Waals surface area contributed by atoms with Crippen molar-refractivity contribution in [1.82, 2.24) is 14.8 Å². The van der Waals surface area contributed by atoms with Crippen molar-refractivity contribution in [2.24, 2.45) is 5.92 Å². The number of pyridine rings is 1. The van der Waals surface area contributed by atoms with Gasteiger partial charge in [0.25, 0.3) is 5.91 Å². The summed E-state index contributed by atoms with van der Waals surface area (Å²) in [5.41, 5.74) is 1.12. The molecule has 0 bridgehead atoms. The highest BCUT2D eigenvalue weighted by atomic mass is 16.3. The molecule has 1 N–H and O–H groups in total. The first kappa shape index (κ1) is 18.3. The second kappa shape index (κ2) is 6.95. The van der Waals surface area contributed by atoms with Gasteiger partial charge in [0.05, 0.1) is 18.2 Å². The summed E-state index contributed by atoms with van der Waals surface area (Å²) in [6.07, 6.45) is 4.56. The van der Waals surface area contributed by atoms with Gasteiger partial charge in [-0.15, -0.1) is 0 Å². The topological polar surface area (TPSA) is 73.7 Å². The number of hydrogen-bond donors (Lipinski definition) is 1. The zero-order chi connectivity index (χ0) is 20.0. The van der Waals surface area contributed by atoms with Gasteiger partial charge in [-0.25, -0.2) is 0 Å². The van der Waals surface area contributed by atoms with Gasteiger partial charge in [0.1, 0.15) is 5.69 Å². The van der Waals surface area contributed by atoms with Gasteiger partial charge in [-0.1, -0.05) is 42.8 Å².